The van der Waals surface area contributed by atoms with Crippen LogP contribution in [0.2, 0.25) is 0 Å². The number of para-hydroxylation sites is 1. The van der Waals surface area contributed by atoms with Crippen LogP contribution >= 0.6 is 11.3 Å². The van der Waals surface area contributed by atoms with Gasteiger partial charge >= 0.3 is 0 Å². The van der Waals surface area contributed by atoms with Crippen LogP contribution in [0.4, 0.5) is 10.8 Å². The topological polar surface area (TPSA) is 74.7 Å². The number of thiazole rings is 1. The van der Waals surface area contributed by atoms with Gasteiger partial charge in [0.05, 0.1) is 17.6 Å². The predicted octanol–water partition coefficient (Wildman–Crippen LogP) is 4.52. The maximum absolute atomic E-state index is 12.4. The minimum Gasteiger partial charge on any atom is -0.274 e. The molecule has 0 aliphatic carbocycles. The van der Waals surface area contributed by atoms with Crippen molar-refractivity contribution >= 4 is 40.2 Å². The molecule has 148 valence electrons. The first-order valence-electron chi connectivity index (χ1n) is 9.10. The zero-order chi connectivity index (χ0) is 21.0. The van der Waals surface area contributed by atoms with Crippen molar-refractivity contribution in [3.8, 4) is 0 Å². The number of nitrogens with one attached hydrogen (secondary N) is 1. The molecule has 29 heavy (non-hydrogen) atoms. The molecule has 3 rings (SSSR count). The number of carbonyl (C=O) groups excluding carboxylic acids is 2. The fourth-order valence-electron chi connectivity index (χ4n) is 3.03. The van der Waals surface area contributed by atoms with Gasteiger partial charge in [-0.3, -0.25) is 14.5 Å². The van der Waals surface area contributed by atoms with Gasteiger partial charge < -0.3 is 0 Å². The van der Waals surface area contributed by atoms with E-state index in [0.717, 1.165) is 22.4 Å². The van der Waals surface area contributed by atoms with Gasteiger partial charge in [0.2, 0.25) is 5.91 Å². The number of hydrazone groups is 1. The van der Waals surface area contributed by atoms with Crippen molar-refractivity contribution in [1.29, 1.82) is 0 Å². The number of hydrogen-bond acceptors (Lipinski definition) is 5. The lowest BCUT2D eigenvalue weighted by molar-refractivity contribution is -0.115. The Morgan fingerprint density at radius 3 is 2.34 bits per heavy atom. The first-order valence-corrected chi connectivity index (χ1v) is 9.98. The number of aromatic nitrogens is 1. The standard InChI is InChI=1S/C22H22N4O2S/c1-14-8-5-6-11-19(14)21(28)25-23-12-18-13-29-22(24-18)26(17(4)27)20-15(2)9-7-10-16(20)3/h5-13H,1-4H3,(H,25,28)/b23-12-. The average molecular weight is 407 g/mol. The van der Waals surface area contributed by atoms with Crippen LogP contribution in [0.5, 0.6) is 0 Å². The Hall–Kier alpha value is -3.32. The summed E-state index contributed by atoms with van der Waals surface area (Å²) in [4.78, 5) is 30.7. The van der Waals surface area contributed by atoms with Crippen LogP contribution in [0.3, 0.4) is 0 Å². The van der Waals surface area contributed by atoms with E-state index in [1.807, 2.05) is 57.2 Å². The van der Waals surface area contributed by atoms with Gasteiger partial charge in [-0.05, 0) is 43.5 Å². The Morgan fingerprint density at radius 1 is 1.03 bits per heavy atom. The van der Waals surface area contributed by atoms with Gasteiger partial charge in [-0.15, -0.1) is 11.3 Å². The van der Waals surface area contributed by atoms with Crippen LogP contribution in [0.25, 0.3) is 0 Å². The largest absolute Gasteiger partial charge is 0.274 e. The summed E-state index contributed by atoms with van der Waals surface area (Å²) in [5, 5.41) is 6.35. The van der Waals surface area contributed by atoms with Crippen LogP contribution < -0.4 is 10.3 Å². The van der Waals surface area contributed by atoms with E-state index < -0.39 is 0 Å². The highest BCUT2D eigenvalue weighted by atomic mass is 32.1. The molecule has 1 aromatic heterocycles. The van der Waals surface area contributed by atoms with E-state index >= 15 is 0 Å². The summed E-state index contributed by atoms with van der Waals surface area (Å²) >= 11 is 1.35. The van der Waals surface area contributed by atoms with Gasteiger partial charge in [-0.1, -0.05) is 36.4 Å². The van der Waals surface area contributed by atoms with Gasteiger partial charge in [0.15, 0.2) is 5.13 Å². The summed E-state index contributed by atoms with van der Waals surface area (Å²) in [6.45, 7) is 7.32. The van der Waals surface area contributed by atoms with Crippen molar-refractivity contribution in [2.45, 2.75) is 27.7 Å². The molecule has 1 N–H and O–H groups in total. The fraction of sp³-hybridized carbons (Fsp3) is 0.182. The summed E-state index contributed by atoms with van der Waals surface area (Å²) in [6.07, 6.45) is 1.47. The lowest BCUT2D eigenvalue weighted by Crippen LogP contribution is -2.24. The Kier molecular flexibility index (Phi) is 6.19. The van der Waals surface area contributed by atoms with E-state index in [1.54, 1.807) is 16.3 Å². The molecule has 6 nitrogen and oxygen atoms in total. The number of benzene rings is 2. The van der Waals surface area contributed by atoms with Gasteiger partial charge in [0.25, 0.3) is 5.91 Å². The number of rotatable bonds is 5. The van der Waals surface area contributed by atoms with Gasteiger partial charge in [0.1, 0.15) is 0 Å². The quantitative estimate of drug-likeness (QED) is 0.500. The predicted molar refractivity (Wildman–Crippen MR) is 117 cm³/mol. The summed E-state index contributed by atoms with van der Waals surface area (Å²) in [6, 6.07) is 13.2. The lowest BCUT2D eigenvalue weighted by atomic mass is 10.1. The van der Waals surface area contributed by atoms with E-state index in [2.05, 4.69) is 15.5 Å². The van der Waals surface area contributed by atoms with E-state index in [4.69, 9.17) is 0 Å². The summed E-state index contributed by atoms with van der Waals surface area (Å²) in [5.74, 6) is -0.399. The summed E-state index contributed by atoms with van der Waals surface area (Å²) in [7, 11) is 0. The van der Waals surface area contributed by atoms with Crippen molar-refractivity contribution in [3.63, 3.8) is 0 Å². The molecule has 0 saturated heterocycles. The number of carbonyl (C=O) groups is 2. The highest BCUT2D eigenvalue weighted by Crippen LogP contribution is 2.33. The molecule has 2 aromatic carbocycles. The number of hydrogen-bond donors (Lipinski definition) is 1. The van der Waals surface area contributed by atoms with E-state index in [1.165, 1.54) is 24.5 Å². The van der Waals surface area contributed by atoms with Crippen LogP contribution in [0.1, 0.15) is 39.7 Å². The average Bonchev–Trinajstić information content (AvgIpc) is 3.13. The molecular weight excluding hydrogens is 384 g/mol. The van der Waals surface area contributed by atoms with E-state index in [0.29, 0.717) is 16.4 Å². The molecule has 0 aliphatic rings. The van der Waals surface area contributed by atoms with E-state index in [9.17, 15) is 9.59 Å². The van der Waals surface area contributed by atoms with Crippen molar-refractivity contribution in [2.24, 2.45) is 5.10 Å². The van der Waals surface area contributed by atoms with Gasteiger partial charge in [-0.2, -0.15) is 5.10 Å². The molecule has 0 fully saturated rings. The third kappa shape index (κ3) is 4.57. The molecule has 7 heteroatoms. The Bertz CT molecular complexity index is 1070. The second kappa shape index (κ2) is 8.79. The zero-order valence-corrected chi connectivity index (χ0v) is 17.6. The number of amides is 2. The molecule has 0 unspecified atom stereocenters. The lowest BCUT2D eigenvalue weighted by Gasteiger charge is -2.22. The van der Waals surface area contributed by atoms with Gasteiger partial charge in [0, 0.05) is 17.9 Å². The van der Waals surface area contributed by atoms with Crippen molar-refractivity contribution in [3.05, 3.63) is 75.8 Å². The molecule has 0 spiro atoms. The van der Waals surface area contributed by atoms with Crippen LogP contribution in [0.15, 0.2) is 52.9 Å². The van der Waals surface area contributed by atoms with Crippen LogP contribution in [-0.4, -0.2) is 23.0 Å². The molecule has 0 atom stereocenters. The maximum Gasteiger partial charge on any atom is 0.271 e. The Morgan fingerprint density at radius 2 is 1.69 bits per heavy atom. The second-order valence-corrected chi connectivity index (χ2v) is 7.50. The first-order chi connectivity index (χ1) is 13.9. The smallest absolute Gasteiger partial charge is 0.271 e. The summed E-state index contributed by atoms with van der Waals surface area (Å²) < 4.78 is 0. The Labute approximate surface area is 173 Å². The van der Waals surface area contributed by atoms with E-state index in [-0.39, 0.29) is 11.8 Å². The minimum absolute atomic E-state index is 0.118. The number of aryl methyl sites for hydroxylation is 3. The third-order valence-electron chi connectivity index (χ3n) is 4.43. The second-order valence-electron chi connectivity index (χ2n) is 6.66. The van der Waals surface area contributed by atoms with Crippen LogP contribution in [0, 0.1) is 20.8 Å². The first kappa shape index (κ1) is 20.4. The molecule has 0 radical (unpaired) electrons. The maximum atomic E-state index is 12.4. The molecule has 3 aromatic rings. The highest BCUT2D eigenvalue weighted by molar-refractivity contribution is 7.14. The Balaban J connectivity index is 1.79. The van der Waals surface area contributed by atoms with Crippen molar-refractivity contribution < 1.29 is 9.59 Å². The molecule has 2 amide bonds. The molecular formula is C22H22N4O2S. The highest BCUT2D eigenvalue weighted by Gasteiger charge is 2.21. The molecule has 0 aliphatic heterocycles. The fourth-order valence-corrected chi connectivity index (χ4v) is 3.85. The normalized spacial score (nSPS) is 10.9. The SMILES string of the molecule is CC(=O)N(c1nc(/C=N\NC(=O)c2ccccc2C)cs1)c1c(C)cccc1C. The zero-order valence-electron chi connectivity index (χ0n) is 16.8. The van der Waals surface area contributed by atoms with Crippen LogP contribution in [-0.2, 0) is 4.79 Å². The monoisotopic (exact) mass is 406 g/mol. The van der Waals surface area contributed by atoms with Crippen molar-refractivity contribution in [2.75, 3.05) is 4.90 Å². The third-order valence-corrected chi connectivity index (χ3v) is 5.28. The molecule has 0 bridgehead atoms. The molecule has 1 heterocycles. The molecule has 0 saturated carbocycles. The van der Waals surface area contributed by atoms with Crippen molar-refractivity contribution in [1.82, 2.24) is 10.4 Å². The van der Waals surface area contributed by atoms with Gasteiger partial charge in [-0.25, -0.2) is 10.4 Å². The summed E-state index contributed by atoms with van der Waals surface area (Å²) in [5.41, 5.74) is 7.36. The number of nitrogens with zero attached hydrogens (tertiary/aromatic N) is 3. The number of anilines is 2. The minimum atomic E-state index is -0.282.